The van der Waals surface area contributed by atoms with Gasteiger partial charge in [-0.05, 0) is 62.2 Å². The molecule has 0 fully saturated rings. The fourth-order valence-electron chi connectivity index (χ4n) is 4.35. The van der Waals surface area contributed by atoms with Gasteiger partial charge in [0.25, 0.3) is 0 Å². The van der Waals surface area contributed by atoms with Crippen LogP contribution in [0.5, 0.6) is 17.2 Å². The Kier molecular flexibility index (Phi) is 12.2. The minimum Gasteiger partial charge on any atom is -0.479 e. The number of aromatic nitrogens is 3. The Balaban J connectivity index is 0.000000225. The zero-order valence-electron chi connectivity index (χ0n) is 25.2. The minimum atomic E-state index is -4.56. The van der Waals surface area contributed by atoms with E-state index < -0.39 is 29.8 Å². The van der Waals surface area contributed by atoms with E-state index in [1.165, 1.54) is 22.9 Å². The van der Waals surface area contributed by atoms with Crippen LogP contribution in [0, 0.1) is 12.3 Å². The summed E-state index contributed by atoms with van der Waals surface area (Å²) >= 11 is 24.0. The van der Waals surface area contributed by atoms with Crippen LogP contribution in [0.25, 0.3) is 5.69 Å². The van der Waals surface area contributed by atoms with Crippen LogP contribution in [-0.2, 0) is 28.7 Å². The molecule has 10 nitrogen and oxygen atoms in total. The van der Waals surface area contributed by atoms with Crippen molar-refractivity contribution in [3.8, 4) is 35.3 Å². The largest absolute Gasteiger partial charge is 0.479 e. The van der Waals surface area contributed by atoms with Gasteiger partial charge in [-0.1, -0.05) is 52.3 Å². The number of carbonyl (C=O) groups excluding carboxylic acids is 1. The lowest BCUT2D eigenvalue weighted by Crippen LogP contribution is -2.26. The van der Waals surface area contributed by atoms with Crippen molar-refractivity contribution in [2.45, 2.75) is 45.0 Å². The monoisotopic (exact) mass is 759 g/mol. The summed E-state index contributed by atoms with van der Waals surface area (Å²) in [5.41, 5.74) is -0.889. The number of halogens is 7. The van der Waals surface area contributed by atoms with Crippen LogP contribution < -0.4 is 15.2 Å². The summed E-state index contributed by atoms with van der Waals surface area (Å²) in [5, 5.41) is 13.5. The Morgan fingerprint density at radius 3 is 2.35 bits per heavy atom. The number of carboxylic acids is 1. The van der Waals surface area contributed by atoms with Crippen LogP contribution in [0.1, 0.15) is 41.5 Å². The molecular weight excluding hydrogens is 737 g/mol. The van der Waals surface area contributed by atoms with Crippen molar-refractivity contribution >= 4 is 58.3 Å². The summed E-state index contributed by atoms with van der Waals surface area (Å²) in [7, 11) is 0. The van der Waals surface area contributed by atoms with E-state index in [-0.39, 0.29) is 39.4 Å². The Morgan fingerprint density at radius 1 is 1.00 bits per heavy atom. The maximum absolute atomic E-state index is 12.7. The van der Waals surface area contributed by atoms with Crippen molar-refractivity contribution in [2.24, 2.45) is 0 Å². The van der Waals surface area contributed by atoms with Gasteiger partial charge in [-0.25, -0.2) is 14.4 Å². The number of carbonyl (C=O) groups is 2. The standard InChI is InChI=1S/C17H11Cl2F3O5.C15H13Cl2N3O2/c1-8(15(23)24)26-16(25)11-7-10(3-4-12(11)18)27-14-5-2-9(6-13(14)19)17(20,21)22;1-2-7-22-13-9-12(10(16)8-11(13)17)20-15(21)19-6-4-3-5-14(19)18-20/h2-8H,1H3,(H,23,24);1,8-9H,3-7H2/t8-;/m0./s1. The Labute approximate surface area is 296 Å². The second-order valence-corrected chi connectivity index (χ2v) is 11.8. The normalized spacial score (nSPS) is 12.9. The van der Waals surface area contributed by atoms with Crippen LogP contribution >= 0.6 is 46.4 Å². The van der Waals surface area contributed by atoms with E-state index in [1.54, 1.807) is 10.6 Å². The number of fused-ring (bicyclic) bond motifs is 1. The van der Waals surface area contributed by atoms with Crippen LogP contribution in [0.3, 0.4) is 0 Å². The summed E-state index contributed by atoms with van der Waals surface area (Å²) in [5.74, 6) is 1.12. The van der Waals surface area contributed by atoms with Gasteiger partial charge in [-0.15, -0.1) is 11.5 Å². The molecule has 1 aliphatic rings. The second-order valence-electron chi connectivity index (χ2n) is 10.2. The Bertz CT molecular complexity index is 1990. The van der Waals surface area contributed by atoms with E-state index in [4.69, 9.17) is 72.1 Å². The molecule has 4 aromatic rings. The third kappa shape index (κ3) is 9.21. The molecule has 1 N–H and O–H groups in total. The zero-order valence-corrected chi connectivity index (χ0v) is 28.2. The second kappa shape index (κ2) is 15.9. The summed E-state index contributed by atoms with van der Waals surface area (Å²) in [6, 6.07) is 9.44. The van der Waals surface area contributed by atoms with Gasteiger partial charge < -0.3 is 19.3 Å². The lowest BCUT2D eigenvalue weighted by Gasteiger charge is -2.13. The number of hydrogen-bond donors (Lipinski definition) is 1. The van der Waals surface area contributed by atoms with Gasteiger partial charge in [0, 0.05) is 19.0 Å². The number of alkyl halides is 3. The maximum atomic E-state index is 12.7. The number of carboxylic acid groups (broad SMARTS) is 1. The molecular formula is C32H24Cl4F3N3O7. The van der Waals surface area contributed by atoms with Crippen LogP contribution in [0.4, 0.5) is 13.2 Å². The first-order chi connectivity index (χ1) is 23.1. The van der Waals surface area contributed by atoms with Gasteiger partial charge in [0.15, 0.2) is 6.10 Å². The summed E-state index contributed by atoms with van der Waals surface area (Å²) in [6.45, 7) is 1.92. The quantitative estimate of drug-likeness (QED) is 0.141. The fourth-order valence-corrected chi connectivity index (χ4v) is 5.28. The third-order valence-electron chi connectivity index (χ3n) is 6.79. The van der Waals surface area contributed by atoms with E-state index in [1.807, 2.05) is 0 Å². The maximum Gasteiger partial charge on any atom is 0.416 e. The molecule has 0 radical (unpaired) electrons. The number of rotatable bonds is 8. The number of hydrogen-bond acceptors (Lipinski definition) is 7. The molecule has 0 saturated heterocycles. The average molecular weight is 761 g/mol. The molecule has 0 unspecified atom stereocenters. The molecule has 5 rings (SSSR count). The highest BCUT2D eigenvalue weighted by atomic mass is 35.5. The topological polar surface area (TPSA) is 122 Å². The summed E-state index contributed by atoms with van der Waals surface area (Å²) < 4.78 is 56.5. The smallest absolute Gasteiger partial charge is 0.416 e. The fraction of sp³-hybridized carbons (Fsp3) is 0.250. The van der Waals surface area contributed by atoms with Gasteiger partial charge in [0.1, 0.15) is 29.7 Å². The van der Waals surface area contributed by atoms with Crippen molar-refractivity contribution < 1.29 is 42.1 Å². The molecule has 0 bridgehead atoms. The number of aryl methyl sites for hydroxylation is 1. The molecule has 1 atom stereocenters. The first kappa shape index (κ1) is 37.5. The predicted octanol–water partition coefficient (Wildman–Crippen LogP) is 8.12. The minimum absolute atomic E-state index is 0.0246. The highest BCUT2D eigenvalue weighted by Gasteiger charge is 2.31. The Morgan fingerprint density at radius 2 is 1.71 bits per heavy atom. The number of esters is 1. The van der Waals surface area contributed by atoms with Gasteiger partial charge >= 0.3 is 23.8 Å². The molecule has 0 spiro atoms. The van der Waals surface area contributed by atoms with Crippen molar-refractivity contribution in [3.63, 3.8) is 0 Å². The van der Waals surface area contributed by atoms with Crippen molar-refractivity contribution in [3.05, 3.63) is 96.1 Å². The molecule has 1 aromatic heterocycles. The molecule has 258 valence electrons. The molecule has 0 aliphatic carbocycles. The van der Waals surface area contributed by atoms with Gasteiger partial charge in [-0.2, -0.15) is 17.9 Å². The van der Waals surface area contributed by atoms with E-state index in [0.29, 0.717) is 34.1 Å². The number of terminal acetylenes is 1. The highest BCUT2D eigenvalue weighted by molar-refractivity contribution is 6.36. The predicted molar refractivity (Wildman–Crippen MR) is 176 cm³/mol. The third-order valence-corrected chi connectivity index (χ3v) is 8.01. The number of nitrogens with zero attached hydrogens (tertiary/aromatic N) is 3. The van der Waals surface area contributed by atoms with Gasteiger partial charge in [0.2, 0.25) is 0 Å². The average Bonchev–Trinajstić information content (AvgIpc) is 3.38. The molecule has 3 aromatic carbocycles. The molecule has 17 heteroatoms. The van der Waals surface area contributed by atoms with Crippen LogP contribution in [0.2, 0.25) is 20.1 Å². The van der Waals surface area contributed by atoms with E-state index in [2.05, 4.69) is 11.0 Å². The first-order valence-electron chi connectivity index (χ1n) is 14.1. The number of benzene rings is 3. The van der Waals surface area contributed by atoms with Crippen LogP contribution in [0.15, 0.2) is 53.3 Å². The van der Waals surface area contributed by atoms with Gasteiger partial charge in [0.05, 0.1) is 36.9 Å². The van der Waals surface area contributed by atoms with Crippen molar-refractivity contribution in [1.82, 2.24) is 14.3 Å². The molecule has 0 saturated carbocycles. The Hall–Kier alpha value is -4.35. The highest BCUT2D eigenvalue weighted by Crippen LogP contribution is 2.37. The SMILES string of the molecule is C#CCOc1cc(-n2nc3n(c2=O)CCCC3)c(Cl)cc1Cl.C[C@H](OC(=O)c1cc(Oc2ccc(C(F)(F)F)cc2Cl)ccc1Cl)C(=O)O. The van der Waals surface area contributed by atoms with E-state index in [9.17, 15) is 27.6 Å². The van der Waals surface area contributed by atoms with Crippen molar-refractivity contribution in [2.75, 3.05) is 6.61 Å². The van der Waals surface area contributed by atoms with E-state index in [0.717, 1.165) is 50.2 Å². The molecule has 49 heavy (non-hydrogen) atoms. The first-order valence-corrected chi connectivity index (χ1v) is 15.6. The van der Waals surface area contributed by atoms with E-state index >= 15 is 0 Å². The van der Waals surface area contributed by atoms with Crippen LogP contribution in [-0.4, -0.2) is 44.1 Å². The lowest BCUT2D eigenvalue weighted by atomic mass is 10.2. The number of ether oxygens (including phenoxy) is 3. The lowest BCUT2D eigenvalue weighted by molar-refractivity contribution is -0.146. The molecule has 1 aliphatic heterocycles. The summed E-state index contributed by atoms with van der Waals surface area (Å²) in [6.07, 6.45) is 2.02. The molecule has 0 amide bonds. The van der Waals surface area contributed by atoms with Gasteiger partial charge in [-0.3, -0.25) is 4.57 Å². The number of aliphatic carboxylic acids is 1. The summed E-state index contributed by atoms with van der Waals surface area (Å²) in [4.78, 5) is 35.3. The molecule has 2 heterocycles. The van der Waals surface area contributed by atoms with Crippen molar-refractivity contribution in [1.29, 1.82) is 0 Å². The zero-order chi connectivity index (χ0) is 36.0.